The summed E-state index contributed by atoms with van der Waals surface area (Å²) in [6.45, 7) is 1.71. The van der Waals surface area contributed by atoms with E-state index in [1.165, 1.54) is 25.6 Å². The average Bonchev–Trinajstić information content (AvgIpc) is 2.93. The van der Waals surface area contributed by atoms with E-state index in [2.05, 4.69) is 4.98 Å². The van der Waals surface area contributed by atoms with Crippen LogP contribution < -0.4 is 5.73 Å². The molecule has 1 atom stereocenters. The van der Waals surface area contributed by atoms with Gasteiger partial charge in [0.2, 0.25) is 10.0 Å². The minimum Gasteiger partial charge on any atom is -0.468 e. The van der Waals surface area contributed by atoms with Crippen molar-refractivity contribution in [2.24, 2.45) is 0 Å². The molecule has 0 bridgehead atoms. The van der Waals surface area contributed by atoms with Crippen LogP contribution in [-0.2, 0) is 10.0 Å². The first-order valence-electron chi connectivity index (χ1n) is 5.76. The van der Waals surface area contributed by atoms with Crippen molar-refractivity contribution in [3.63, 3.8) is 0 Å². The summed E-state index contributed by atoms with van der Waals surface area (Å²) in [4.78, 5) is 3.65. The van der Waals surface area contributed by atoms with Crippen LogP contribution in [-0.4, -0.2) is 24.8 Å². The maximum absolute atomic E-state index is 12.5. The van der Waals surface area contributed by atoms with E-state index >= 15 is 0 Å². The van der Waals surface area contributed by atoms with Crippen LogP contribution in [0.15, 0.2) is 40.0 Å². The summed E-state index contributed by atoms with van der Waals surface area (Å²) in [5.41, 5.74) is 5.63. The van der Waals surface area contributed by atoms with Crippen LogP contribution in [0.25, 0.3) is 0 Å². The molecule has 8 heteroatoms. The van der Waals surface area contributed by atoms with E-state index in [0.717, 1.165) is 4.31 Å². The Morgan fingerprint density at radius 2 is 2.20 bits per heavy atom. The number of halogens is 1. The number of aromatic nitrogens is 1. The molecule has 2 aromatic heterocycles. The van der Waals surface area contributed by atoms with Crippen LogP contribution in [0.2, 0.25) is 5.02 Å². The molecule has 0 aliphatic carbocycles. The van der Waals surface area contributed by atoms with Gasteiger partial charge in [0, 0.05) is 13.2 Å². The summed E-state index contributed by atoms with van der Waals surface area (Å²) in [6.07, 6.45) is 2.79. The number of rotatable bonds is 4. The van der Waals surface area contributed by atoms with E-state index in [1.807, 2.05) is 0 Å². The summed E-state index contributed by atoms with van der Waals surface area (Å²) < 4.78 is 31.5. The van der Waals surface area contributed by atoms with Gasteiger partial charge in [-0.25, -0.2) is 13.4 Å². The summed E-state index contributed by atoms with van der Waals surface area (Å²) in [6, 6.07) is 4.20. The molecule has 0 fully saturated rings. The smallest absolute Gasteiger partial charge is 0.247 e. The number of nitrogens with two attached hydrogens (primary N) is 1. The van der Waals surface area contributed by atoms with Gasteiger partial charge in [-0.3, -0.25) is 0 Å². The van der Waals surface area contributed by atoms with Crippen molar-refractivity contribution in [3.8, 4) is 0 Å². The van der Waals surface area contributed by atoms with Gasteiger partial charge in [-0.1, -0.05) is 11.6 Å². The Bertz CT molecular complexity index is 701. The minimum atomic E-state index is -3.82. The highest BCUT2D eigenvalue weighted by Gasteiger charge is 2.30. The van der Waals surface area contributed by atoms with Gasteiger partial charge in [-0.05, 0) is 25.1 Å². The Balaban J connectivity index is 2.42. The molecule has 108 valence electrons. The summed E-state index contributed by atoms with van der Waals surface area (Å²) in [5, 5.41) is 0.205. The number of hydrogen-bond donors (Lipinski definition) is 1. The fourth-order valence-electron chi connectivity index (χ4n) is 1.71. The van der Waals surface area contributed by atoms with E-state index in [1.54, 1.807) is 19.1 Å². The van der Waals surface area contributed by atoms with E-state index in [4.69, 9.17) is 21.8 Å². The number of hydrogen-bond acceptors (Lipinski definition) is 5. The molecule has 0 saturated carbocycles. The number of pyridine rings is 1. The number of anilines is 1. The molecule has 0 unspecified atom stereocenters. The highest BCUT2D eigenvalue weighted by molar-refractivity contribution is 7.89. The molecule has 0 aliphatic heterocycles. The van der Waals surface area contributed by atoms with Crippen molar-refractivity contribution in [2.45, 2.75) is 17.9 Å². The predicted molar refractivity (Wildman–Crippen MR) is 75.7 cm³/mol. The lowest BCUT2D eigenvalue weighted by Gasteiger charge is -2.23. The van der Waals surface area contributed by atoms with Crippen LogP contribution in [0.3, 0.4) is 0 Å². The van der Waals surface area contributed by atoms with Gasteiger partial charge in [0.25, 0.3) is 0 Å². The lowest BCUT2D eigenvalue weighted by Crippen LogP contribution is -2.30. The minimum absolute atomic E-state index is 0.0899. The van der Waals surface area contributed by atoms with Crippen LogP contribution in [0.1, 0.15) is 18.7 Å². The third-order valence-electron chi connectivity index (χ3n) is 3.01. The molecular formula is C12H14ClN3O3S. The van der Waals surface area contributed by atoms with Crippen LogP contribution >= 0.6 is 11.6 Å². The van der Waals surface area contributed by atoms with Gasteiger partial charge in [0.05, 0.1) is 17.3 Å². The SMILES string of the molecule is C[C@@H](c1ccco1)N(C)S(=O)(=O)c1cc(Cl)cnc1N. The second-order valence-corrected chi connectivity index (χ2v) is 6.65. The molecule has 2 N–H and O–H groups in total. The Morgan fingerprint density at radius 1 is 1.50 bits per heavy atom. The van der Waals surface area contributed by atoms with Gasteiger partial charge in [0.1, 0.15) is 16.5 Å². The van der Waals surface area contributed by atoms with Gasteiger partial charge < -0.3 is 10.2 Å². The second kappa shape index (κ2) is 5.43. The van der Waals surface area contributed by atoms with E-state index < -0.39 is 16.1 Å². The number of nitrogens with zero attached hydrogens (tertiary/aromatic N) is 2. The largest absolute Gasteiger partial charge is 0.468 e. The Morgan fingerprint density at radius 3 is 2.80 bits per heavy atom. The average molecular weight is 316 g/mol. The third kappa shape index (κ3) is 2.65. The first-order valence-corrected chi connectivity index (χ1v) is 7.58. The molecule has 0 radical (unpaired) electrons. The number of nitrogen functional groups attached to an aromatic ring is 1. The van der Waals surface area contributed by atoms with Crippen LogP contribution in [0.5, 0.6) is 0 Å². The van der Waals surface area contributed by atoms with Crippen molar-refractivity contribution in [3.05, 3.63) is 41.4 Å². The van der Waals surface area contributed by atoms with Gasteiger partial charge in [0.15, 0.2) is 0 Å². The van der Waals surface area contributed by atoms with Gasteiger partial charge in [-0.15, -0.1) is 0 Å². The normalized spacial score (nSPS) is 13.6. The van der Waals surface area contributed by atoms with Gasteiger partial charge >= 0.3 is 0 Å². The van der Waals surface area contributed by atoms with Crippen molar-refractivity contribution < 1.29 is 12.8 Å². The zero-order valence-corrected chi connectivity index (χ0v) is 12.5. The maximum atomic E-state index is 12.5. The molecule has 0 aromatic carbocycles. The van der Waals surface area contributed by atoms with Crippen LogP contribution in [0.4, 0.5) is 5.82 Å². The lowest BCUT2D eigenvalue weighted by atomic mass is 10.3. The quantitative estimate of drug-likeness (QED) is 0.935. The number of furan rings is 1. The summed E-state index contributed by atoms with van der Waals surface area (Å²) >= 11 is 5.79. The van der Waals surface area contributed by atoms with E-state index in [9.17, 15) is 8.42 Å². The summed E-state index contributed by atoms with van der Waals surface area (Å²) in [7, 11) is -2.37. The molecule has 2 rings (SSSR count). The maximum Gasteiger partial charge on any atom is 0.247 e. The zero-order chi connectivity index (χ0) is 14.9. The standard InChI is InChI=1S/C12H14ClN3O3S/c1-8(10-4-3-5-19-10)16(2)20(17,18)11-6-9(13)7-15-12(11)14/h3-8H,1-2H3,(H2,14,15)/t8-/m0/s1. The van der Waals surface area contributed by atoms with Gasteiger partial charge in [-0.2, -0.15) is 4.31 Å². The van der Waals surface area contributed by atoms with Crippen molar-refractivity contribution >= 4 is 27.4 Å². The van der Waals surface area contributed by atoms with Crippen LogP contribution in [0, 0.1) is 0 Å². The highest BCUT2D eigenvalue weighted by Crippen LogP contribution is 2.29. The predicted octanol–water partition coefficient (Wildman–Crippen LogP) is 2.29. The molecule has 0 saturated heterocycles. The fraction of sp³-hybridized carbons (Fsp3) is 0.250. The lowest BCUT2D eigenvalue weighted by molar-refractivity contribution is 0.340. The highest BCUT2D eigenvalue weighted by atomic mass is 35.5. The second-order valence-electron chi connectivity index (χ2n) is 4.25. The van der Waals surface area contributed by atoms with Crippen molar-refractivity contribution in [1.82, 2.24) is 9.29 Å². The monoisotopic (exact) mass is 315 g/mol. The first-order chi connectivity index (χ1) is 9.34. The molecule has 0 aliphatic rings. The molecule has 0 amide bonds. The molecule has 20 heavy (non-hydrogen) atoms. The van der Waals surface area contributed by atoms with Crippen molar-refractivity contribution in [2.75, 3.05) is 12.8 Å². The topological polar surface area (TPSA) is 89.4 Å². The fourth-order valence-corrected chi connectivity index (χ4v) is 3.36. The Hall–Kier alpha value is -1.57. The molecule has 6 nitrogen and oxygen atoms in total. The first kappa shape index (κ1) is 14.8. The zero-order valence-electron chi connectivity index (χ0n) is 10.9. The molecule has 0 spiro atoms. The van der Waals surface area contributed by atoms with Crippen molar-refractivity contribution in [1.29, 1.82) is 0 Å². The molecule has 2 aromatic rings. The van der Waals surface area contributed by atoms with E-state index in [-0.39, 0.29) is 15.7 Å². The number of sulfonamides is 1. The summed E-state index contributed by atoms with van der Waals surface area (Å²) in [5.74, 6) is 0.442. The molecule has 2 heterocycles. The third-order valence-corrected chi connectivity index (χ3v) is 5.17. The molecular weight excluding hydrogens is 302 g/mol. The van der Waals surface area contributed by atoms with E-state index in [0.29, 0.717) is 5.76 Å². The Labute approximate surface area is 122 Å². The Kier molecular flexibility index (Phi) is 4.03.